The van der Waals surface area contributed by atoms with Gasteiger partial charge in [-0.25, -0.2) is 9.97 Å². The van der Waals surface area contributed by atoms with Crippen molar-refractivity contribution in [1.82, 2.24) is 14.9 Å². The number of aromatic nitrogens is 2. The molecule has 3 rings (SSSR count). The third-order valence-electron chi connectivity index (χ3n) is 5.97. The van der Waals surface area contributed by atoms with E-state index in [4.69, 9.17) is 15.0 Å². The quantitative estimate of drug-likeness (QED) is 0.771. The van der Waals surface area contributed by atoms with E-state index in [0.717, 1.165) is 37.5 Å². The van der Waals surface area contributed by atoms with Gasteiger partial charge >= 0.3 is 7.12 Å². The maximum Gasteiger partial charge on any atom is 0.498 e. The lowest BCUT2D eigenvalue weighted by Gasteiger charge is -2.37. The highest BCUT2D eigenvalue weighted by Gasteiger charge is 2.52. The van der Waals surface area contributed by atoms with Gasteiger partial charge < -0.3 is 24.8 Å². The van der Waals surface area contributed by atoms with Gasteiger partial charge in [0, 0.05) is 50.6 Å². The molecule has 3 heterocycles. The van der Waals surface area contributed by atoms with Crippen molar-refractivity contribution in [2.75, 3.05) is 38.1 Å². The summed E-state index contributed by atoms with van der Waals surface area (Å²) in [6.07, 6.45) is 5.98. The third kappa shape index (κ3) is 3.88. The largest absolute Gasteiger partial charge is 0.498 e. The summed E-state index contributed by atoms with van der Waals surface area (Å²) in [7, 11) is 1.65. The van der Waals surface area contributed by atoms with E-state index in [1.807, 2.05) is 40.1 Å². The molecule has 0 aliphatic carbocycles. The van der Waals surface area contributed by atoms with Gasteiger partial charge in [-0.2, -0.15) is 0 Å². The number of rotatable bonds is 5. The molecule has 1 aromatic heterocycles. The highest BCUT2D eigenvalue weighted by molar-refractivity contribution is 6.61. The molecule has 7 nitrogen and oxygen atoms in total. The SMILES string of the molecule is CN(c1ncc(B2OC(C)(C)C(C)(C)O2)cn1)C1CCCN(CCN)C1. The van der Waals surface area contributed by atoms with Crippen molar-refractivity contribution in [2.24, 2.45) is 5.73 Å². The summed E-state index contributed by atoms with van der Waals surface area (Å²) in [5.74, 6) is 0.741. The third-order valence-corrected chi connectivity index (χ3v) is 5.97. The molecule has 0 amide bonds. The Balaban J connectivity index is 1.66. The smallest absolute Gasteiger partial charge is 0.399 e. The van der Waals surface area contributed by atoms with Gasteiger partial charge in [-0.3, -0.25) is 0 Å². The summed E-state index contributed by atoms with van der Waals surface area (Å²) in [6.45, 7) is 12.0. The van der Waals surface area contributed by atoms with Crippen LogP contribution >= 0.6 is 0 Å². The van der Waals surface area contributed by atoms with Crippen LogP contribution in [0.4, 0.5) is 5.95 Å². The predicted molar refractivity (Wildman–Crippen MR) is 105 cm³/mol. The number of likely N-dealkylation sites (N-methyl/N-ethyl adjacent to an activating group) is 1. The normalized spacial score (nSPS) is 25.5. The molecule has 0 aromatic carbocycles. The van der Waals surface area contributed by atoms with E-state index in [9.17, 15) is 0 Å². The van der Waals surface area contributed by atoms with Crippen LogP contribution in [0.3, 0.4) is 0 Å². The van der Waals surface area contributed by atoms with Crippen molar-refractivity contribution in [1.29, 1.82) is 0 Å². The molecule has 1 aromatic rings. The Bertz CT molecular complexity index is 592. The number of anilines is 1. The summed E-state index contributed by atoms with van der Waals surface area (Å²) in [4.78, 5) is 13.8. The highest BCUT2D eigenvalue weighted by atomic mass is 16.7. The fourth-order valence-corrected chi connectivity index (χ4v) is 3.51. The number of piperidine rings is 1. The summed E-state index contributed by atoms with van der Waals surface area (Å²) in [6, 6.07) is 0.415. The fourth-order valence-electron chi connectivity index (χ4n) is 3.51. The van der Waals surface area contributed by atoms with Gasteiger partial charge in [0.05, 0.1) is 11.2 Å². The molecule has 2 aliphatic rings. The lowest BCUT2D eigenvalue weighted by Crippen LogP contribution is -2.48. The first-order valence-electron chi connectivity index (χ1n) is 9.56. The van der Waals surface area contributed by atoms with Crippen LogP contribution in [0.15, 0.2) is 12.4 Å². The molecule has 0 saturated carbocycles. The molecule has 8 heteroatoms. The standard InChI is InChI=1S/C18H32BN5O2/c1-17(2)18(3,4)26-19(25-17)14-11-21-16(22-12-14)23(5)15-7-6-9-24(13-15)10-8-20/h11-12,15H,6-10,13,20H2,1-5H3. The minimum atomic E-state index is -0.422. The van der Waals surface area contributed by atoms with E-state index in [2.05, 4.69) is 26.8 Å². The van der Waals surface area contributed by atoms with Crippen LogP contribution < -0.4 is 16.1 Å². The van der Waals surface area contributed by atoms with Crippen LogP contribution in [0.5, 0.6) is 0 Å². The Morgan fingerprint density at radius 2 is 1.85 bits per heavy atom. The van der Waals surface area contributed by atoms with Crippen LogP contribution in [0.25, 0.3) is 0 Å². The predicted octanol–water partition coefficient (Wildman–Crippen LogP) is 0.635. The second-order valence-corrected chi connectivity index (χ2v) is 8.40. The number of hydrogen-bond acceptors (Lipinski definition) is 7. The Labute approximate surface area is 157 Å². The van der Waals surface area contributed by atoms with Crippen molar-refractivity contribution in [3.63, 3.8) is 0 Å². The molecular formula is C18H32BN5O2. The van der Waals surface area contributed by atoms with Crippen LogP contribution in [0.1, 0.15) is 40.5 Å². The number of hydrogen-bond donors (Lipinski definition) is 1. The van der Waals surface area contributed by atoms with E-state index in [1.165, 1.54) is 6.42 Å². The molecular weight excluding hydrogens is 329 g/mol. The van der Waals surface area contributed by atoms with Crippen LogP contribution in [-0.2, 0) is 9.31 Å². The monoisotopic (exact) mass is 361 g/mol. The van der Waals surface area contributed by atoms with Gasteiger partial charge in [-0.05, 0) is 47.1 Å². The van der Waals surface area contributed by atoms with Crippen molar-refractivity contribution in [3.05, 3.63) is 12.4 Å². The second kappa shape index (κ2) is 7.42. The molecule has 1 atom stereocenters. The van der Waals surface area contributed by atoms with Gasteiger partial charge in [-0.1, -0.05) is 0 Å². The van der Waals surface area contributed by atoms with E-state index >= 15 is 0 Å². The maximum atomic E-state index is 6.07. The lowest BCUT2D eigenvalue weighted by molar-refractivity contribution is 0.00578. The van der Waals surface area contributed by atoms with Gasteiger partial charge in [0.15, 0.2) is 0 Å². The zero-order valence-corrected chi connectivity index (χ0v) is 16.7. The summed E-state index contributed by atoms with van der Waals surface area (Å²) in [5.41, 5.74) is 5.84. The molecule has 26 heavy (non-hydrogen) atoms. The molecule has 0 bridgehead atoms. The molecule has 2 aliphatic heterocycles. The molecule has 2 N–H and O–H groups in total. The molecule has 2 saturated heterocycles. The van der Waals surface area contributed by atoms with Crippen molar-refractivity contribution in [3.8, 4) is 0 Å². The zero-order chi connectivity index (χ0) is 18.9. The minimum absolute atomic E-state index is 0.359. The van der Waals surface area contributed by atoms with Crippen molar-refractivity contribution in [2.45, 2.75) is 57.8 Å². The Morgan fingerprint density at radius 1 is 1.23 bits per heavy atom. The van der Waals surface area contributed by atoms with E-state index in [1.54, 1.807) is 0 Å². The van der Waals surface area contributed by atoms with Gasteiger partial charge in [0.1, 0.15) is 0 Å². The Hall–Kier alpha value is -1.22. The fraction of sp³-hybridized carbons (Fsp3) is 0.778. The maximum absolute atomic E-state index is 6.07. The molecule has 144 valence electrons. The molecule has 1 unspecified atom stereocenters. The molecule has 0 radical (unpaired) electrons. The number of nitrogens with two attached hydrogens (primary N) is 1. The van der Waals surface area contributed by atoms with E-state index < -0.39 is 7.12 Å². The number of likely N-dealkylation sites (tertiary alicyclic amines) is 1. The van der Waals surface area contributed by atoms with Crippen LogP contribution in [0.2, 0.25) is 0 Å². The van der Waals surface area contributed by atoms with Crippen molar-refractivity contribution >= 4 is 18.5 Å². The Kier molecular flexibility index (Phi) is 5.58. The molecule has 0 spiro atoms. The minimum Gasteiger partial charge on any atom is -0.399 e. The first-order valence-corrected chi connectivity index (χ1v) is 9.56. The van der Waals surface area contributed by atoms with E-state index in [0.29, 0.717) is 12.6 Å². The second-order valence-electron chi connectivity index (χ2n) is 8.40. The zero-order valence-electron chi connectivity index (χ0n) is 16.7. The van der Waals surface area contributed by atoms with Gasteiger partial charge in [0.2, 0.25) is 5.95 Å². The van der Waals surface area contributed by atoms with E-state index in [-0.39, 0.29) is 11.2 Å². The Morgan fingerprint density at radius 3 is 2.42 bits per heavy atom. The van der Waals surface area contributed by atoms with Crippen LogP contribution in [-0.4, -0.2) is 72.5 Å². The summed E-state index contributed by atoms with van der Waals surface area (Å²) >= 11 is 0. The first kappa shape index (κ1) is 19.5. The summed E-state index contributed by atoms with van der Waals surface area (Å²) in [5, 5.41) is 0. The highest BCUT2D eigenvalue weighted by Crippen LogP contribution is 2.36. The lowest BCUT2D eigenvalue weighted by atomic mass is 9.81. The average molecular weight is 361 g/mol. The average Bonchev–Trinajstić information content (AvgIpc) is 2.83. The van der Waals surface area contributed by atoms with Crippen molar-refractivity contribution < 1.29 is 9.31 Å². The summed E-state index contributed by atoms with van der Waals surface area (Å²) < 4.78 is 12.1. The molecule has 2 fully saturated rings. The number of nitrogens with zero attached hydrogens (tertiary/aromatic N) is 4. The topological polar surface area (TPSA) is 76.7 Å². The van der Waals surface area contributed by atoms with Gasteiger partial charge in [-0.15, -0.1) is 0 Å². The van der Waals surface area contributed by atoms with Crippen LogP contribution in [0, 0.1) is 0 Å². The first-order chi connectivity index (χ1) is 12.2. The van der Waals surface area contributed by atoms with Gasteiger partial charge in [0.25, 0.3) is 0 Å².